The Morgan fingerprint density at radius 1 is 1.10 bits per heavy atom. The summed E-state index contributed by atoms with van der Waals surface area (Å²) < 4.78 is 2.05. The second kappa shape index (κ2) is 7.44. The van der Waals surface area contributed by atoms with Crippen LogP contribution in [0.1, 0.15) is 69.2 Å². The van der Waals surface area contributed by atoms with Crippen molar-refractivity contribution in [3.05, 3.63) is 47.3 Å². The van der Waals surface area contributed by atoms with Crippen molar-refractivity contribution in [1.29, 1.82) is 0 Å². The van der Waals surface area contributed by atoms with E-state index in [-0.39, 0.29) is 0 Å². The van der Waals surface area contributed by atoms with Crippen molar-refractivity contribution in [3.8, 4) is 5.69 Å². The fraction of sp³-hybridized carbons (Fsp3) is 0.526. The predicted molar refractivity (Wildman–Crippen MR) is 90.2 cm³/mol. The fourth-order valence-corrected chi connectivity index (χ4v) is 2.95. The van der Waals surface area contributed by atoms with E-state index in [1.807, 2.05) is 6.92 Å². The predicted octanol–water partition coefficient (Wildman–Crippen LogP) is 5.43. The first-order valence-corrected chi connectivity index (χ1v) is 8.35. The van der Waals surface area contributed by atoms with Gasteiger partial charge >= 0.3 is 0 Å². The highest BCUT2D eigenvalue weighted by molar-refractivity contribution is 5.45. The molecule has 21 heavy (non-hydrogen) atoms. The van der Waals surface area contributed by atoms with Crippen LogP contribution in [0.3, 0.4) is 0 Å². The summed E-state index contributed by atoms with van der Waals surface area (Å²) >= 11 is 0. The van der Waals surface area contributed by atoms with Crippen LogP contribution in [0.2, 0.25) is 0 Å². The van der Waals surface area contributed by atoms with Gasteiger partial charge in [-0.05, 0) is 61.8 Å². The van der Waals surface area contributed by atoms with Gasteiger partial charge in [0.1, 0.15) is 0 Å². The molecule has 0 unspecified atom stereocenters. The lowest BCUT2D eigenvalue weighted by Crippen LogP contribution is -2.06. The summed E-state index contributed by atoms with van der Waals surface area (Å²) in [4.78, 5) is 0. The Bertz CT molecular complexity index is 565. The summed E-state index contributed by atoms with van der Waals surface area (Å²) in [5.74, 6) is 0.615. The second-order valence-electron chi connectivity index (χ2n) is 5.91. The number of hydrogen-bond acceptors (Lipinski definition) is 1. The van der Waals surface area contributed by atoms with Crippen molar-refractivity contribution in [2.45, 2.75) is 65.7 Å². The van der Waals surface area contributed by atoms with E-state index in [4.69, 9.17) is 0 Å². The van der Waals surface area contributed by atoms with Crippen LogP contribution in [0.5, 0.6) is 0 Å². The lowest BCUT2D eigenvalue weighted by atomic mass is 9.91. The Kier molecular flexibility index (Phi) is 5.60. The summed E-state index contributed by atoms with van der Waals surface area (Å²) in [5.41, 5.74) is 5.20. The largest absolute Gasteiger partial charge is 0.240 e. The van der Waals surface area contributed by atoms with E-state index in [1.165, 1.54) is 42.5 Å². The third kappa shape index (κ3) is 3.75. The van der Waals surface area contributed by atoms with Gasteiger partial charge in [-0.25, -0.2) is 4.68 Å². The van der Waals surface area contributed by atoms with Gasteiger partial charge in [0.15, 0.2) is 0 Å². The molecule has 0 aliphatic carbocycles. The average molecular weight is 284 g/mol. The minimum Gasteiger partial charge on any atom is -0.240 e. The van der Waals surface area contributed by atoms with Crippen LogP contribution >= 0.6 is 0 Å². The number of rotatable bonds is 7. The third-order valence-electron chi connectivity index (χ3n) is 4.31. The molecule has 0 radical (unpaired) electrons. The van der Waals surface area contributed by atoms with Gasteiger partial charge in [0.2, 0.25) is 0 Å². The molecule has 2 rings (SSSR count). The minimum absolute atomic E-state index is 0.615. The first-order valence-electron chi connectivity index (χ1n) is 8.35. The molecule has 0 saturated heterocycles. The highest BCUT2D eigenvalue weighted by atomic mass is 15.3. The van der Waals surface area contributed by atoms with E-state index in [2.05, 4.69) is 61.0 Å². The quantitative estimate of drug-likeness (QED) is 0.663. The zero-order valence-corrected chi connectivity index (χ0v) is 13.9. The van der Waals surface area contributed by atoms with E-state index < -0.39 is 0 Å². The normalized spacial score (nSPS) is 11.3. The third-order valence-corrected chi connectivity index (χ3v) is 4.31. The Labute approximate surface area is 129 Å². The first-order chi connectivity index (χ1) is 10.2. The molecule has 0 N–H and O–H groups in total. The molecule has 0 fully saturated rings. The van der Waals surface area contributed by atoms with Crippen molar-refractivity contribution in [3.63, 3.8) is 0 Å². The van der Waals surface area contributed by atoms with Crippen molar-refractivity contribution >= 4 is 0 Å². The molecule has 0 aliphatic rings. The molecule has 1 heterocycles. The van der Waals surface area contributed by atoms with Gasteiger partial charge in [0, 0.05) is 6.20 Å². The van der Waals surface area contributed by atoms with Gasteiger partial charge in [-0.3, -0.25) is 0 Å². The molecule has 1 aromatic heterocycles. The molecule has 0 saturated carbocycles. The molecule has 0 spiro atoms. The SMILES string of the molecule is CCCCc1ccc(C(CC)CC)c(-n2ccc(C)n2)c1. The number of nitrogens with zero attached hydrogens (tertiary/aromatic N) is 2. The summed E-state index contributed by atoms with van der Waals surface area (Å²) in [5, 5.41) is 4.63. The molecule has 1 aromatic carbocycles. The van der Waals surface area contributed by atoms with Crippen molar-refractivity contribution < 1.29 is 0 Å². The molecule has 2 heteroatoms. The number of benzene rings is 1. The van der Waals surface area contributed by atoms with Crippen molar-refractivity contribution in [2.75, 3.05) is 0 Å². The van der Waals surface area contributed by atoms with E-state index in [9.17, 15) is 0 Å². The Hall–Kier alpha value is -1.57. The molecule has 2 nitrogen and oxygen atoms in total. The molecule has 114 valence electrons. The molecule has 0 atom stereocenters. The van der Waals surface area contributed by atoms with Gasteiger partial charge in [-0.15, -0.1) is 0 Å². The van der Waals surface area contributed by atoms with Crippen LogP contribution in [0.15, 0.2) is 30.5 Å². The van der Waals surface area contributed by atoms with Gasteiger partial charge in [-0.2, -0.15) is 5.10 Å². The van der Waals surface area contributed by atoms with Gasteiger partial charge in [0.25, 0.3) is 0 Å². The van der Waals surface area contributed by atoms with Crippen LogP contribution < -0.4 is 0 Å². The summed E-state index contributed by atoms with van der Waals surface area (Å²) in [6.07, 6.45) is 8.09. The van der Waals surface area contributed by atoms with Crippen molar-refractivity contribution in [1.82, 2.24) is 9.78 Å². The van der Waals surface area contributed by atoms with Crippen LogP contribution in [0.4, 0.5) is 0 Å². The van der Waals surface area contributed by atoms with E-state index in [0.29, 0.717) is 5.92 Å². The average Bonchev–Trinajstić information content (AvgIpc) is 2.93. The maximum atomic E-state index is 4.63. The standard InChI is InChI=1S/C19H28N2/c1-5-8-9-16-10-11-18(17(6-2)7-3)19(14-16)21-13-12-15(4)20-21/h10-14,17H,5-9H2,1-4H3. The maximum absolute atomic E-state index is 4.63. The summed E-state index contributed by atoms with van der Waals surface area (Å²) in [7, 11) is 0. The highest BCUT2D eigenvalue weighted by Crippen LogP contribution is 2.29. The zero-order valence-electron chi connectivity index (χ0n) is 13.9. The second-order valence-corrected chi connectivity index (χ2v) is 5.91. The molecular weight excluding hydrogens is 256 g/mol. The van der Waals surface area contributed by atoms with Crippen LogP contribution in [-0.2, 0) is 6.42 Å². The topological polar surface area (TPSA) is 17.8 Å². The lowest BCUT2D eigenvalue weighted by molar-refractivity contribution is 0.633. The summed E-state index contributed by atoms with van der Waals surface area (Å²) in [6.45, 7) is 8.85. The molecule has 0 amide bonds. The Balaban J connectivity index is 2.44. The number of hydrogen-bond donors (Lipinski definition) is 0. The van der Waals surface area contributed by atoms with E-state index >= 15 is 0 Å². The van der Waals surface area contributed by atoms with Crippen molar-refractivity contribution in [2.24, 2.45) is 0 Å². The highest BCUT2D eigenvalue weighted by Gasteiger charge is 2.14. The smallest absolute Gasteiger partial charge is 0.0683 e. The van der Waals surface area contributed by atoms with Gasteiger partial charge in [-0.1, -0.05) is 39.3 Å². The van der Waals surface area contributed by atoms with E-state index in [0.717, 1.165) is 12.1 Å². The molecular formula is C19H28N2. The van der Waals surface area contributed by atoms with Gasteiger partial charge in [0.05, 0.1) is 11.4 Å². The minimum atomic E-state index is 0.615. The number of aryl methyl sites for hydroxylation is 2. The number of aromatic nitrogens is 2. The molecule has 0 aliphatic heterocycles. The van der Waals surface area contributed by atoms with Crippen LogP contribution in [0.25, 0.3) is 5.69 Å². The molecule has 0 bridgehead atoms. The van der Waals surface area contributed by atoms with Crippen LogP contribution in [0, 0.1) is 6.92 Å². The molecule has 2 aromatic rings. The van der Waals surface area contributed by atoms with Crippen LogP contribution in [-0.4, -0.2) is 9.78 Å². The Morgan fingerprint density at radius 3 is 2.43 bits per heavy atom. The summed E-state index contributed by atoms with van der Waals surface area (Å²) in [6, 6.07) is 9.06. The Morgan fingerprint density at radius 2 is 1.86 bits per heavy atom. The fourth-order valence-electron chi connectivity index (χ4n) is 2.95. The monoisotopic (exact) mass is 284 g/mol. The van der Waals surface area contributed by atoms with E-state index in [1.54, 1.807) is 0 Å². The lowest BCUT2D eigenvalue weighted by Gasteiger charge is -2.19. The maximum Gasteiger partial charge on any atom is 0.0683 e. The number of unbranched alkanes of at least 4 members (excludes halogenated alkanes) is 1. The zero-order chi connectivity index (χ0) is 15.2. The first kappa shape index (κ1) is 15.8. The van der Waals surface area contributed by atoms with Gasteiger partial charge < -0.3 is 0 Å².